The molecule has 1 amide bonds. The van der Waals surface area contributed by atoms with Gasteiger partial charge in [-0.25, -0.2) is 4.39 Å². The van der Waals surface area contributed by atoms with Gasteiger partial charge in [0.2, 0.25) is 5.91 Å². The summed E-state index contributed by atoms with van der Waals surface area (Å²) in [6.45, 7) is 0.392. The Morgan fingerprint density at radius 1 is 1.60 bits per heavy atom. The molecule has 1 aromatic carbocycles. The quantitative estimate of drug-likeness (QED) is 0.743. The third kappa shape index (κ3) is 3.55. The van der Waals surface area contributed by atoms with Crippen molar-refractivity contribution < 1.29 is 13.9 Å². The topological polar surface area (TPSA) is 64.3 Å². The molecule has 15 heavy (non-hydrogen) atoms. The summed E-state index contributed by atoms with van der Waals surface area (Å²) in [4.78, 5) is 10.5. The van der Waals surface area contributed by atoms with Crippen LogP contribution in [0.4, 0.5) is 4.39 Å². The second kappa shape index (κ2) is 5.31. The third-order valence-corrected chi connectivity index (χ3v) is 1.86. The first-order valence-corrected chi connectivity index (χ1v) is 4.45. The molecule has 0 radical (unpaired) electrons. The predicted molar refractivity (Wildman–Crippen MR) is 53.9 cm³/mol. The molecule has 82 valence electrons. The van der Waals surface area contributed by atoms with Gasteiger partial charge in [0.15, 0.2) is 0 Å². The lowest BCUT2D eigenvalue weighted by Gasteiger charge is -2.08. The summed E-state index contributed by atoms with van der Waals surface area (Å²) in [6, 6.07) is 4.21. The smallest absolute Gasteiger partial charge is 0.231 e. The van der Waals surface area contributed by atoms with E-state index in [0.717, 1.165) is 0 Å². The summed E-state index contributed by atoms with van der Waals surface area (Å²) in [5.41, 5.74) is 5.60. The Morgan fingerprint density at radius 3 is 2.93 bits per heavy atom. The molecule has 0 fully saturated rings. The molecule has 0 spiro atoms. The number of benzene rings is 1. The molecule has 1 aromatic rings. The van der Waals surface area contributed by atoms with Gasteiger partial charge in [-0.15, -0.1) is 0 Å². The number of methoxy groups -OCH3 is 1. The summed E-state index contributed by atoms with van der Waals surface area (Å²) in [5.74, 6) is -0.217. The Morgan fingerprint density at radius 2 is 2.33 bits per heavy atom. The van der Waals surface area contributed by atoms with E-state index in [1.165, 1.54) is 25.3 Å². The summed E-state index contributed by atoms with van der Waals surface area (Å²) in [6.07, 6.45) is 0. The maximum Gasteiger partial charge on any atom is 0.231 e. The summed E-state index contributed by atoms with van der Waals surface area (Å²) in [5, 5.41) is 2.78. The molecule has 0 aliphatic carbocycles. The lowest BCUT2D eigenvalue weighted by atomic mass is 10.2. The summed E-state index contributed by atoms with van der Waals surface area (Å²) < 4.78 is 17.9. The van der Waals surface area contributed by atoms with Crippen molar-refractivity contribution in [3.63, 3.8) is 0 Å². The van der Waals surface area contributed by atoms with Crippen LogP contribution in [0.3, 0.4) is 0 Å². The van der Waals surface area contributed by atoms with Crippen molar-refractivity contribution in [1.29, 1.82) is 0 Å². The molecule has 0 aromatic heterocycles. The predicted octanol–water partition coefficient (Wildman–Crippen LogP) is 0.409. The van der Waals surface area contributed by atoms with E-state index in [0.29, 0.717) is 17.9 Å². The van der Waals surface area contributed by atoms with Crippen molar-refractivity contribution in [2.45, 2.75) is 6.54 Å². The molecular formula is C10H13FN2O2. The minimum Gasteiger partial charge on any atom is -0.496 e. The van der Waals surface area contributed by atoms with E-state index in [1.54, 1.807) is 0 Å². The largest absolute Gasteiger partial charge is 0.496 e. The molecule has 0 bridgehead atoms. The molecule has 4 nitrogen and oxygen atoms in total. The van der Waals surface area contributed by atoms with Crippen LogP contribution in [0.5, 0.6) is 5.75 Å². The standard InChI is InChI=1S/C10H13FN2O2/c1-15-9-3-2-8(11)4-7(9)5-13-6-10(12)14/h2-4,13H,5-6H2,1H3,(H2,12,14). The van der Waals surface area contributed by atoms with Crippen LogP contribution in [-0.4, -0.2) is 19.6 Å². The van der Waals surface area contributed by atoms with Crippen molar-refractivity contribution in [2.24, 2.45) is 5.73 Å². The highest BCUT2D eigenvalue weighted by molar-refractivity contribution is 5.75. The number of halogens is 1. The van der Waals surface area contributed by atoms with E-state index in [4.69, 9.17) is 10.5 Å². The fraction of sp³-hybridized carbons (Fsp3) is 0.300. The van der Waals surface area contributed by atoms with Crippen LogP contribution >= 0.6 is 0 Å². The summed E-state index contributed by atoms with van der Waals surface area (Å²) >= 11 is 0. The number of rotatable bonds is 5. The normalized spacial score (nSPS) is 10.0. The van der Waals surface area contributed by atoms with Crippen molar-refractivity contribution in [1.82, 2.24) is 5.32 Å². The number of carbonyl (C=O) groups is 1. The number of amides is 1. The Labute approximate surface area is 87.2 Å². The average molecular weight is 212 g/mol. The number of hydrogen-bond acceptors (Lipinski definition) is 3. The van der Waals surface area contributed by atoms with E-state index >= 15 is 0 Å². The van der Waals surface area contributed by atoms with Crippen LogP contribution in [-0.2, 0) is 11.3 Å². The number of nitrogens with one attached hydrogen (secondary N) is 1. The maximum absolute atomic E-state index is 12.9. The molecule has 0 heterocycles. The van der Waals surface area contributed by atoms with Gasteiger partial charge >= 0.3 is 0 Å². The first-order valence-electron chi connectivity index (χ1n) is 4.45. The molecule has 0 aliphatic rings. The zero-order valence-electron chi connectivity index (χ0n) is 8.42. The van der Waals surface area contributed by atoms with Crippen molar-refractivity contribution >= 4 is 5.91 Å². The average Bonchev–Trinajstić information content (AvgIpc) is 2.17. The van der Waals surface area contributed by atoms with Crippen LogP contribution in [0.2, 0.25) is 0 Å². The minimum atomic E-state index is -0.453. The molecule has 0 unspecified atom stereocenters. The maximum atomic E-state index is 12.9. The number of ether oxygens (including phenoxy) is 1. The molecule has 0 aliphatic heterocycles. The first-order chi connectivity index (χ1) is 7.13. The molecule has 5 heteroatoms. The van der Waals surface area contributed by atoms with Crippen LogP contribution in [0.1, 0.15) is 5.56 Å². The highest BCUT2D eigenvalue weighted by Gasteiger charge is 2.04. The zero-order valence-corrected chi connectivity index (χ0v) is 8.42. The first kappa shape index (κ1) is 11.5. The monoisotopic (exact) mass is 212 g/mol. The molecule has 0 saturated carbocycles. The lowest BCUT2D eigenvalue weighted by Crippen LogP contribution is -2.28. The molecule has 0 saturated heterocycles. The Kier molecular flexibility index (Phi) is 4.05. The van der Waals surface area contributed by atoms with Crippen molar-refractivity contribution in [2.75, 3.05) is 13.7 Å². The van der Waals surface area contributed by atoms with Gasteiger partial charge in [0.1, 0.15) is 11.6 Å². The van der Waals surface area contributed by atoms with E-state index in [-0.39, 0.29) is 12.4 Å². The highest BCUT2D eigenvalue weighted by Crippen LogP contribution is 2.18. The SMILES string of the molecule is COc1ccc(F)cc1CNCC(N)=O. The van der Waals surface area contributed by atoms with Crippen LogP contribution in [0.25, 0.3) is 0 Å². The van der Waals surface area contributed by atoms with E-state index in [2.05, 4.69) is 5.32 Å². The van der Waals surface area contributed by atoms with E-state index in [9.17, 15) is 9.18 Å². The van der Waals surface area contributed by atoms with E-state index in [1.807, 2.05) is 0 Å². The third-order valence-electron chi connectivity index (χ3n) is 1.86. The Bertz CT molecular complexity index is 355. The van der Waals surface area contributed by atoms with Crippen molar-refractivity contribution in [3.8, 4) is 5.75 Å². The zero-order chi connectivity index (χ0) is 11.3. The van der Waals surface area contributed by atoms with Gasteiger partial charge in [-0.1, -0.05) is 0 Å². The number of primary amides is 1. The van der Waals surface area contributed by atoms with Gasteiger partial charge in [-0.3, -0.25) is 4.79 Å². The van der Waals surface area contributed by atoms with Crippen LogP contribution < -0.4 is 15.8 Å². The van der Waals surface area contributed by atoms with Gasteiger partial charge < -0.3 is 15.8 Å². The Balaban J connectivity index is 2.65. The molecular weight excluding hydrogens is 199 g/mol. The highest BCUT2D eigenvalue weighted by atomic mass is 19.1. The lowest BCUT2D eigenvalue weighted by molar-refractivity contribution is -0.117. The number of hydrogen-bond donors (Lipinski definition) is 2. The van der Waals surface area contributed by atoms with Gasteiger partial charge in [0.25, 0.3) is 0 Å². The summed E-state index contributed by atoms with van der Waals surface area (Å²) in [7, 11) is 1.50. The second-order valence-electron chi connectivity index (χ2n) is 3.03. The van der Waals surface area contributed by atoms with Crippen LogP contribution in [0.15, 0.2) is 18.2 Å². The fourth-order valence-corrected chi connectivity index (χ4v) is 1.21. The minimum absolute atomic E-state index is 0.0552. The van der Waals surface area contributed by atoms with Gasteiger partial charge in [-0.2, -0.15) is 0 Å². The number of nitrogens with two attached hydrogens (primary N) is 1. The fourth-order valence-electron chi connectivity index (χ4n) is 1.21. The van der Waals surface area contributed by atoms with Gasteiger partial charge in [-0.05, 0) is 18.2 Å². The Hall–Kier alpha value is -1.62. The van der Waals surface area contributed by atoms with Crippen molar-refractivity contribution in [3.05, 3.63) is 29.6 Å². The van der Waals surface area contributed by atoms with Gasteiger partial charge in [0, 0.05) is 12.1 Å². The second-order valence-corrected chi connectivity index (χ2v) is 3.03. The van der Waals surface area contributed by atoms with Gasteiger partial charge in [0.05, 0.1) is 13.7 Å². The van der Waals surface area contributed by atoms with Crippen LogP contribution in [0, 0.1) is 5.82 Å². The molecule has 0 atom stereocenters. The molecule has 3 N–H and O–H groups in total. The molecule has 1 rings (SSSR count). The van der Waals surface area contributed by atoms with E-state index < -0.39 is 5.91 Å². The number of carbonyl (C=O) groups excluding carboxylic acids is 1.